The molecule has 0 spiro atoms. The number of anilines is 1. The largest absolute Gasteiger partial charge is 0.480 e. The molecule has 0 saturated heterocycles. The first-order valence-corrected chi connectivity index (χ1v) is 6.43. The third-order valence-electron chi connectivity index (χ3n) is 2.14. The first-order chi connectivity index (χ1) is 8.40. The van der Waals surface area contributed by atoms with Crippen molar-refractivity contribution in [3.63, 3.8) is 0 Å². The van der Waals surface area contributed by atoms with Crippen molar-refractivity contribution in [3.05, 3.63) is 30.1 Å². The molecule has 1 aromatic carbocycles. The molecule has 0 bridgehead atoms. The Morgan fingerprint density at radius 3 is 2.44 bits per heavy atom. The average molecular weight is 273 g/mol. The van der Waals surface area contributed by atoms with Crippen molar-refractivity contribution in [2.45, 2.75) is 12.2 Å². The molecule has 0 radical (unpaired) electrons. The summed E-state index contributed by atoms with van der Waals surface area (Å²) in [6.07, 6.45) is 0. The number of amides is 1. The van der Waals surface area contributed by atoms with Crippen molar-refractivity contribution in [1.29, 1.82) is 0 Å². The Kier molecular flexibility index (Phi) is 4.96. The highest BCUT2D eigenvalue weighted by Crippen LogP contribution is 2.08. The minimum absolute atomic E-state index is 0.362. The lowest BCUT2D eigenvalue weighted by Crippen LogP contribution is -2.29. The zero-order valence-corrected chi connectivity index (χ0v) is 10.4. The number of hydrogen-bond donors (Lipinski definition) is 2. The molecule has 1 aromatic rings. The lowest BCUT2D eigenvalue weighted by molar-refractivity contribution is -0.136. The molecule has 98 valence electrons. The van der Waals surface area contributed by atoms with Gasteiger partial charge in [-0.25, -0.2) is 4.39 Å². The Morgan fingerprint density at radius 1 is 1.39 bits per heavy atom. The molecule has 1 rings (SSSR count). The second-order valence-corrected chi connectivity index (χ2v) is 5.32. The highest BCUT2D eigenvalue weighted by molar-refractivity contribution is 7.87. The van der Waals surface area contributed by atoms with E-state index in [0.29, 0.717) is 5.69 Å². The standard InChI is InChI=1S/C11H12FNO4S/c1-7(11(15)16)18(17)6-10(14)13-9-4-2-8(12)3-5-9/h2-5,7H,6H2,1H3,(H,13,14)(H,15,16). The fourth-order valence-electron chi connectivity index (χ4n) is 1.10. The van der Waals surface area contributed by atoms with Crippen LogP contribution in [0.4, 0.5) is 10.1 Å². The summed E-state index contributed by atoms with van der Waals surface area (Å²) in [5, 5.41) is 9.91. The van der Waals surface area contributed by atoms with Gasteiger partial charge in [-0.05, 0) is 31.2 Å². The van der Waals surface area contributed by atoms with Crippen LogP contribution in [0.2, 0.25) is 0 Å². The number of carboxylic acid groups (broad SMARTS) is 1. The highest BCUT2D eigenvalue weighted by atomic mass is 32.2. The third kappa shape index (κ3) is 4.25. The summed E-state index contributed by atoms with van der Waals surface area (Å²) < 4.78 is 24.1. The van der Waals surface area contributed by atoms with Crippen LogP contribution >= 0.6 is 0 Å². The monoisotopic (exact) mass is 273 g/mol. The Hall–Kier alpha value is -1.76. The van der Waals surface area contributed by atoms with E-state index >= 15 is 0 Å². The van der Waals surface area contributed by atoms with Crippen molar-refractivity contribution >= 4 is 28.4 Å². The molecule has 2 atom stereocenters. The van der Waals surface area contributed by atoms with E-state index in [9.17, 15) is 18.2 Å². The van der Waals surface area contributed by atoms with Gasteiger partial charge in [-0.1, -0.05) is 0 Å². The molecule has 1 amide bonds. The van der Waals surface area contributed by atoms with Gasteiger partial charge in [0.2, 0.25) is 5.91 Å². The average Bonchev–Trinajstić information content (AvgIpc) is 2.30. The number of nitrogens with one attached hydrogen (secondary N) is 1. The van der Waals surface area contributed by atoms with Crippen molar-refractivity contribution in [2.75, 3.05) is 11.1 Å². The van der Waals surface area contributed by atoms with E-state index in [4.69, 9.17) is 5.11 Å². The first-order valence-electron chi connectivity index (χ1n) is 5.05. The smallest absolute Gasteiger partial charge is 0.318 e. The minimum atomic E-state index is -1.79. The zero-order chi connectivity index (χ0) is 13.7. The van der Waals surface area contributed by atoms with E-state index < -0.39 is 39.5 Å². The van der Waals surface area contributed by atoms with Gasteiger partial charge in [-0.3, -0.25) is 13.8 Å². The Bertz CT molecular complexity index is 474. The number of halogens is 1. The molecule has 0 saturated carbocycles. The molecule has 2 unspecified atom stereocenters. The van der Waals surface area contributed by atoms with Gasteiger partial charge >= 0.3 is 5.97 Å². The number of hydrogen-bond acceptors (Lipinski definition) is 3. The zero-order valence-electron chi connectivity index (χ0n) is 9.55. The van der Waals surface area contributed by atoms with Gasteiger partial charge in [0.15, 0.2) is 0 Å². The normalized spacial score (nSPS) is 13.7. The van der Waals surface area contributed by atoms with Crippen LogP contribution in [-0.4, -0.2) is 32.2 Å². The van der Waals surface area contributed by atoms with E-state index in [2.05, 4.69) is 5.32 Å². The molecule has 7 heteroatoms. The van der Waals surface area contributed by atoms with Crippen LogP contribution in [0, 0.1) is 5.82 Å². The van der Waals surface area contributed by atoms with E-state index in [1.807, 2.05) is 0 Å². The fourth-order valence-corrected chi connectivity index (χ4v) is 1.90. The molecular weight excluding hydrogens is 261 g/mol. The van der Waals surface area contributed by atoms with Gasteiger partial charge in [-0.15, -0.1) is 0 Å². The molecule has 0 aliphatic carbocycles. The van der Waals surface area contributed by atoms with Crippen LogP contribution in [0.25, 0.3) is 0 Å². The summed E-state index contributed by atoms with van der Waals surface area (Å²) in [6, 6.07) is 5.06. The van der Waals surface area contributed by atoms with Gasteiger partial charge in [0.05, 0.1) is 0 Å². The maximum atomic E-state index is 12.6. The molecule has 2 N–H and O–H groups in total. The maximum absolute atomic E-state index is 12.6. The van der Waals surface area contributed by atoms with Crippen molar-refractivity contribution in [1.82, 2.24) is 0 Å². The first kappa shape index (κ1) is 14.3. The SMILES string of the molecule is CC(C(=O)O)S(=O)CC(=O)Nc1ccc(F)cc1. The topological polar surface area (TPSA) is 83.5 Å². The predicted molar refractivity (Wildman–Crippen MR) is 65.1 cm³/mol. The molecule has 5 nitrogen and oxygen atoms in total. The summed E-state index contributed by atoms with van der Waals surface area (Å²) in [7, 11) is -1.79. The van der Waals surface area contributed by atoms with Crippen molar-refractivity contribution in [2.24, 2.45) is 0 Å². The van der Waals surface area contributed by atoms with Crippen LogP contribution in [0.1, 0.15) is 6.92 Å². The number of carboxylic acids is 1. The Morgan fingerprint density at radius 2 is 1.94 bits per heavy atom. The lowest BCUT2D eigenvalue weighted by atomic mass is 10.3. The maximum Gasteiger partial charge on any atom is 0.318 e. The van der Waals surface area contributed by atoms with Gasteiger partial charge in [0.25, 0.3) is 0 Å². The van der Waals surface area contributed by atoms with Gasteiger partial charge < -0.3 is 10.4 Å². The molecule has 18 heavy (non-hydrogen) atoms. The molecule has 0 aromatic heterocycles. The molecule has 0 aliphatic rings. The second-order valence-electron chi connectivity index (χ2n) is 3.56. The third-order valence-corrected chi connectivity index (χ3v) is 3.68. The quantitative estimate of drug-likeness (QED) is 0.838. The molecule has 0 aliphatic heterocycles. The molecule has 0 heterocycles. The van der Waals surface area contributed by atoms with Crippen LogP contribution in [-0.2, 0) is 20.4 Å². The van der Waals surface area contributed by atoms with E-state index in [-0.39, 0.29) is 0 Å². The lowest BCUT2D eigenvalue weighted by Gasteiger charge is -2.07. The Balaban J connectivity index is 2.54. The number of carbonyl (C=O) groups excluding carboxylic acids is 1. The van der Waals surface area contributed by atoms with E-state index in [0.717, 1.165) is 0 Å². The summed E-state index contributed by atoms with van der Waals surface area (Å²) in [6.45, 7) is 1.27. The van der Waals surface area contributed by atoms with Crippen molar-refractivity contribution < 1.29 is 23.3 Å². The number of carbonyl (C=O) groups is 2. The fraction of sp³-hybridized carbons (Fsp3) is 0.273. The number of rotatable bonds is 5. The van der Waals surface area contributed by atoms with E-state index in [1.54, 1.807) is 0 Å². The van der Waals surface area contributed by atoms with Crippen molar-refractivity contribution in [3.8, 4) is 0 Å². The highest BCUT2D eigenvalue weighted by Gasteiger charge is 2.21. The number of aliphatic carboxylic acids is 1. The summed E-state index contributed by atoms with van der Waals surface area (Å²) >= 11 is 0. The molecular formula is C11H12FNO4S. The van der Waals surface area contributed by atoms with Gasteiger partial charge in [-0.2, -0.15) is 0 Å². The van der Waals surface area contributed by atoms with Gasteiger partial charge in [0, 0.05) is 16.5 Å². The molecule has 0 fully saturated rings. The van der Waals surface area contributed by atoms with E-state index in [1.165, 1.54) is 31.2 Å². The van der Waals surface area contributed by atoms with Crippen LogP contribution in [0.3, 0.4) is 0 Å². The number of benzene rings is 1. The summed E-state index contributed by atoms with van der Waals surface area (Å²) in [4.78, 5) is 22.0. The summed E-state index contributed by atoms with van der Waals surface area (Å²) in [5.41, 5.74) is 0.362. The van der Waals surface area contributed by atoms with Crippen LogP contribution in [0.5, 0.6) is 0 Å². The van der Waals surface area contributed by atoms with Crippen LogP contribution < -0.4 is 5.32 Å². The second kappa shape index (κ2) is 6.25. The minimum Gasteiger partial charge on any atom is -0.480 e. The van der Waals surface area contributed by atoms with Gasteiger partial charge in [0.1, 0.15) is 16.8 Å². The predicted octanol–water partition coefficient (Wildman–Crippen LogP) is 0.986. The van der Waals surface area contributed by atoms with Crippen LogP contribution in [0.15, 0.2) is 24.3 Å². The summed E-state index contributed by atoms with van der Waals surface area (Å²) in [5.74, 6) is -2.64. The Labute approximate surface area is 105 Å².